The average Bonchev–Trinajstić information content (AvgIpc) is 3.17. The minimum Gasteiger partial charge on any atom is -0.467 e. The molecular formula is C15H15N5O2. The van der Waals surface area contributed by atoms with Gasteiger partial charge in [-0.25, -0.2) is 0 Å². The van der Waals surface area contributed by atoms with Gasteiger partial charge in [-0.3, -0.25) is 4.79 Å². The number of aromatic nitrogens is 4. The molecule has 1 N–H and O–H groups in total. The molecule has 0 saturated heterocycles. The summed E-state index contributed by atoms with van der Waals surface area (Å²) < 4.78 is 5.14. The molecule has 0 spiro atoms. The Morgan fingerprint density at radius 1 is 1.27 bits per heavy atom. The lowest BCUT2D eigenvalue weighted by Gasteiger charge is -2.01. The van der Waals surface area contributed by atoms with Crippen LogP contribution in [0.15, 0.2) is 47.1 Å². The highest BCUT2D eigenvalue weighted by molar-refractivity contribution is 5.75. The van der Waals surface area contributed by atoms with Gasteiger partial charge in [0.1, 0.15) is 12.3 Å². The van der Waals surface area contributed by atoms with E-state index in [2.05, 4.69) is 20.7 Å². The quantitative estimate of drug-likeness (QED) is 0.772. The largest absolute Gasteiger partial charge is 0.467 e. The first-order chi connectivity index (χ1) is 10.7. The van der Waals surface area contributed by atoms with Crippen LogP contribution in [0.3, 0.4) is 0 Å². The van der Waals surface area contributed by atoms with Crippen LogP contribution in [-0.2, 0) is 17.9 Å². The fraction of sp³-hybridized carbons (Fsp3) is 0.200. The van der Waals surface area contributed by atoms with E-state index in [4.69, 9.17) is 4.42 Å². The van der Waals surface area contributed by atoms with E-state index in [0.717, 1.165) is 11.1 Å². The number of nitrogens with one attached hydrogen (secondary N) is 1. The van der Waals surface area contributed by atoms with E-state index in [1.165, 1.54) is 4.80 Å². The van der Waals surface area contributed by atoms with Crippen molar-refractivity contribution in [3.8, 4) is 11.4 Å². The molecule has 112 valence electrons. The van der Waals surface area contributed by atoms with Crippen LogP contribution in [0.4, 0.5) is 0 Å². The highest BCUT2D eigenvalue weighted by Gasteiger charge is 2.09. The van der Waals surface area contributed by atoms with Gasteiger partial charge in [-0.2, -0.15) is 4.80 Å². The van der Waals surface area contributed by atoms with Crippen molar-refractivity contribution in [2.75, 3.05) is 0 Å². The van der Waals surface area contributed by atoms with Gasteiger partial charge in [0.2, 0.25) is 11.7 Å². The Labute approximate surface area is 126 Å². The smallest absolute Gasteiger partial charge is 0.244 e. The minimum absolute atomic E-state index is 0.0135. The molecule has 0 aliphatic heterocycles. The zero-order chi connectivity index (χ0) is 15.4. The molecule has 2 heterocycles. The molecule has 2 aromatic heterocycles. The van der Waals surface area contributed by atoms with Crippen molar-refractivity contribution in [2.24, 2.45) is 0 Å². The highest BCUT2D eigenvalue weighted by atomic mass is 16.3. The summed E-state index contributed by atoms with van der Waals surface area (Å²) in [7, 11) is 0. The SMILES string of the molecule is Cc1ccc(-c2nnn(CC(=O)NCc3ccco3)n2)cc1. The van der Waals surface area contributed by atoms with Crippen LogP contribution in [0, 0.1) is 6.92 Å². The Balaban J connectivity index is 1.59. The highest BCUT2D eigenvalue weighted by Crippen LogP contribution is 2.13. The Kier molecular flexibility index (Phi) is 3.95. The van der Waals surface area contributed by atoms with Gasteiger partial charge < -0.3 is 9.73 Å². The summed E-state index contributed by atoms with van der Waals surface area (Å²) >= 11 is 0. The fourth-order valence-corrected chi connectivity index (χ4v) is 1.91. The third kappa shape index (κ3) is 3.38. The molecule has 0 aliphatic rings. The number of amides is 1. The van der Waals surface area contributed by atoms with Crippen molar-refractivity contribution >= 4 is 5.91 Å². The van der Waals surface area contributed by atoms with Crippen LogP contribution in [0.5, 0.6) is 0 Å². The molecule has 3 aromatic rings. The maximum Gasteiger partial charge on any atom is 0.244 e. The number of carbonyl (C=O) groups excluding carboxylic acids is 1. The Morgan fingerprint density at radius 3 is 2.82 bits per heavy atom. The van der Waals surface area contributed by atoms with E-state index in [-0.39, 0.29) is 12.5 Å². The molecule has 0 saturated carbocycles. The molecule has 0 aliphatic carbocycles. The molecule has 7 nitrogen and oxygen atoms in total. The first kappa shape index (κ1) is 14.0. The van der Waals surface area contributed by atoms with Crippen molar-refractivity contribution in [3.05, 3.63) is 54.0 Å². The van der Waals surface area contributed by atoms with Crippen LogP contribution in [0.25, 0.3) is 11.4 Å². The lowest BCUT2D eigenvalue weighted by molar-refractivity contribution is -0.122. The monoisotopic (exact) mass is 297 g/mol. The number of furan rings is 1. The Hall–Kier alpha value is -2.96. The van der Waals surface area contributed by atoms with Gasteiger partial charge in [-0.1, -0.05) is 29.8 Å². The number of nitrogens with zero attached hydrogens (tertiary/aromatic N) is 4. The Morgan fingerprint density at radius 2 is 2.09 bits per heavy atom. The number of tetrazole rings is 1. The van der Waals surface area contributed by atoms with Crippen LogP contribution in [-0.4, -0.2) is 26.1 Å². The van der Waals surface area contributed by atoms with Gasteiger partial charge in [-0.05, 0) is 24.3 Å². The number of benzene rings is 1. The molecule has 0 radical (unpaired) electrons. The van der Waals surface area contributed by atoms with Crippen LogP contribution < -0.4 is 5.32 Å². The average molecular weight is 297 g/mol. The van der Waals surface area contributed by atoms with Crippen LogP contribution in [0.1, 0.15) is 11.3 Å². The first-order valence-corrected chi connectivity index (χ1v) is 6.84. The predicted molar refractivity (Wildman–Crippen MR) is 78.5 cm³/mol. The summed E-state index contributed by atoms with van der Waals surface area (Å²) in [6.45, 7) is 2.36. The third-order valence-corrected chi connectivity index (χ3v) is 3.09. The van der Waals surface area contributed by atoms with Gasteiger partial charge in [0, 0.05) is 5.56 Å². The van der Waals surface area contributed by atoms with Crippen molar-refractivity contribution in [1.29, 1.82) is 0 Å². The van der Waals surface area contributed by atoms with Crippen LogP contribution in [0.2, 0.25) is 0 Å². The molecule has 1 amide bonds. The van der Waals surface area contributed by atoms with Crippen molar-refractivity contribution in [1.82, 2.24) is 25.5 Å². The van der Waals surface area contributed by atoms with E-state index in [1.807, 2.05) is 31.2 Å². The maximum absolute atomic E-state index is 11.8. The molecule has 3 rings (SSSR count). The number of aryl methyl sites for hydroxylation is 1. The van der Waals surface area contributed by atoms with E-state index >= 15 is 0 Å². The fourth-order valence-electron chi connectivity index (χ4n) is 1.91. The van der Waals surface area contributed by atoms with E-state index < -0.39 is 0 Å². The molecule has 22 heavy (non-hydrogen) atoms. The third-order valence-electron chi connectivity index (χ3n) is 3.09. The van der Waals surface area contributed by atoms with Gasteiger partial charge in [0.15, 0.2) is 0 Å². The zero-order valence-corrected chi connectivity index (χ0v) is 12.1. The number of carbonyl (C=O) groups is 1. The topological polar surface area (TPSA) is 85.8 Å². The molecule has 0 bridgehead atoms. The molecular weight excluding hydrogens is 282 g/mol. The summed E-state index contributed by atoms with van der Waals surface area (Å²) in [5, 5.41) is 14.8. The lowest BCUT2D eigenvalue weighted by atomic mass is 10.1. The standard InChI is InChI=1S/C15H15N5O2/c1-11-4-6-12(7-5-11)15-17-19-20(18-15)10-14(21)16-9-13-3-2-8-22-13/h2-8H,9-10H2,1H3,(H,16,21). The van der Waals surface area contributed by atoms with Crippen molar-refractivity contribution in [3.63, 3.8) is 0 Å². The van der Waals surface area contributed by atoms with E-state index in [0.29, 0.717) is 18.1 Å². The normalized spacial score (nSPS) is 10.6. The van der Waals surface area contributed by atoms with Crippen molar-refractivity contribution in [2.45, 2.75) is 20.0 Å². The minimum atomic E-state index is -0.204. The number of hydrogen-bond acceptors (Lipinski definition) is 5. The zero-order valence-electron chi connectivity index (χ0n) is 12.1. The maximum atomic E-state index is 11.8. The second kappa shape index (κ2) is 6.21. The molecule has 0 fully saturated rings. The first-order valence-electron chi connectivity index (χ1n) is 6.84. The second-order valence-electron chi connectivity index (χ2n) is 4.87. The van der Waals surface area contributed by atoms with Crippen LogP contribution >= 0.6 is 0 Å². The van der Waals surface area contributed by atoms with Gasteiger partial charge in [0.05, 0.1) is 12.8 Å². The molecule has 0 atom stereocenters. The number of rotatable bonds is 5. The van der Waals surface area contributed by atoms with Crippen molar-refractivity contribution < 1.29 is 9.21 Å². The van der Waals surface area contributed by atoms with E-state index in [9.17, 15) is 4.79 Å². The predicted octanol–water partition coefficient (Wildman–Crippen LogP) is 1.56. The molecule has 7 heteroatoms. The second-order valence-corrected chi connectivity index (χ2v) is 4.87. The van der Waals surface area contributed by atoms with Gasteiger partial charge in [-0.15, -0.1) is 10.2 Å². The van der Waals surface area contributed by atoms with Gasteiger partial charge >= 0.3 is 0 Å². The van der Waals surface area contributed by atoms with Gasteiger partial charge in [0.25, 0.3) is 0 Å². The van der Waals surface area contributed by atoms with E-state index in [1.54, 1.807) is 18.4 Å². The summed E-state index contributed by atoms with van der Waals surface area (Å²) in [5.41, 5.74) is 2.03. The lowest BCUT2D eigenvalue weighted by Crippen LogP contribution is -2.27. The Bertz CT molecular complexity index is 747. The summed E-state index contributed by atoms with van der Waals surface area (Å²) in [5.74, 6) is 0.989. The molecule has 1 aromatic carbocycles. The number of hydrogen-bond donors (Lipinski definition) is 1. The summed E-state index contributed by atoms with van der Waals surface area (Å²) in [4.78, 5) is 13.1. The molecule has 0 unspecified atom stereocenters. The summed E-state index contributed by atoms with van der Waals surface area (Å²) in [6, 6.07) is 11.4. The summed E-state index contributed by atoms with van der Waals surface area (Å²) in [6.07, 6.45) is 1.56.